The fraction of sp³-hybridized carbons (Fsp3) is 0.167. The van der Waals surface area contributed by atoms with E-state index in [1.807, 2.05) is 6.07 Å². The van der Waals surface area contributed by atoms with Crippen molar-refractivity contribution >= 4 is 73.2 Å². The van der Waals surface area contributed by atoms with Crippen LogP contribution in [0.3, 0.4) is 0 Å². The summed E-state index contributed by atoms with van der Waals surface area (Å²) in [5, 5.41) is 12.3. The second-order valence-electron chi connectivity index (χ2n) is 7.90. The number of halogens is 1. The van der Waals surface area contributed by atoms with Crippen molar-refractivity contribution in [1.82, 2.24) is 0 Å². The minimum atomic E-state index is -3.71. The maximum atomic E-state index is 13.2. The van der Waals surface area contributed by atoms with Crippen LogP contribution in [0.1, 0.15) is 37.4 Å². The summed E-state index contributed by atoms with van der Waals surface area (Å²) >= 11 is 12.1. The smallest absolute Gasteiger partial charge is 0.267 e. The lowest BCUT2D eigenvalue weighted by atomic mass is 10.0. The molecule has 1 aliphatic rings. The summed E-state index contributed by atoms with van der Waals surface area (Å²) in [6.07, 6.45) is 0. The monoisotopic (exact) mass is 559 g/mol. The van der Waals surface area contributed by atoms with Crippen LogP contribution in [0, 0.1) is 25.2 Å². The number of thiocarbonyl (C=S) groups is 1. The number of nitrogens with zero attached hydrogens (tertiary/aromatic N) is 2. The second kappa shape index (κ2) is 9.63. The van der Waals surface area contributed by atoms with Crippen LogP contribution in [0.2, 0.25) is 4.34 Å². The van der Waals surface area contributed by atoms with Crippen LogP contribution in [0.15, 0.2) is 40.6 Å². The van der Waals surface area contributed by atoms with E-state index in [0.717, 1.165) is 16.2 Å². The van der Waals surface area contributed by atoms with Gasteiger partial charge in [0.05, 0.1) is 50.6 Å². The number of ether oxygens (including phenoxy) is 1. The highest BCUT2D eigenvalue weighted by atomic mass is 35.5. The van der Waals surface area contributed by atoms with Crippen LogP contribution in [-0.2, 0) is 9.84 Å². The Hall–Kier alpha value is -3.30. The molecule has 4 rings (SSSR count). The Labute approximate surface area is 222 Å². The fourth-order valence-electron chi connectivity index (χ4n) is 4.13. The third-order valence-electron chi connectivity index (χ3n) is 5.59. The van der Waals surface area contributed by atoms with Crippen molar-refractivity contribution < 1.29 is 22.7 Å². The number of amides is 2. The number of nitriles is 1. The van der Waals surface area contributed by atoms with Gasteiger partial charge in [-0.25, -0.2) is 13.3 Å². The Morgan fingerprint density at radius 2 is 1.94 bits per heavy atom. The van der Waals surface area contributed by atoms with Gasteiger partial charge in [-0.3, -0.25) is 9.59 Å². The maximum Gasteiger partial charge on any atom is 0.267 e. The van der Waals surface area contributed by atoms with Gasteiger partial charge in [0.2, 0.25) is 0 Å². The molecule has 0 saturated carbocycles. The van der Waals surface area contributed by atoms with Crippen LogP contribution in [0.4, 0.5) is 11.4 Å². The van der Waals surface area contributed by atoms with Gasteiger partial charge >= 0.3 is 0 Å². The van der Waals surface area contributed by atoms with Gasteiger partial charge in [-0.2, -0.15) is 5.26 Å². The minimum absolute atomic E-state index is 0.0313. The molecule has 36 heavy (non-hydrogen) atoms. The molecule has 0 bridgehead atoms. The molecule has 3 aromatic rings. The highest BCUT2D eigenvalue weighted by Gasteiger charge is 2.40. The lowest BCUT2D eigenvalue weighted by Crippen LogP contribution is -2.31. The molecule has 1 aromatic heterocycles. The topological polar surface area (TPSA) is 117 Å². The molecular weight excluding hydrogens is 542 g/mol. The standard InChI is InChI=1S/C24H18ClN3O5S3/c1-12-9-16(27-18(34)11-36(31,32)19-8-7-17(25)35-19)22(33-3)13(2)21(12)28-23(29)15-6-4-5-14(10-26)20(15)24(28)30/h4-9H,11H2,1-3H3,(H,27,34). The van der Waals surface area contributed by atoms with Gasteiger partial charge in [0.15, 0.2) is 9.84 Å². The number of carbonyl (C=O) groups excluding carboxylic acids is 2. The van der Waals surface area contributed by atoms with E-state index >= 15 is 0 Å². The molecule has 1 aliphatic heterocycles. The molecule has 184 valence electrons. The number of methoxy groups -OCH3 is 1. The van der Waals surface area contributed by atoms with E-state index in [-0.39, 0.29) is 31.6 Å². The van der Waals surface area contributed by atoms with Crippen molar-refractivity contribution in [3.05, 3.63) is 68.6 Å². The number of nitrogens with one attached hydrogen (secondary N) is 1. The van der Waals surface area contributed by atoms with E-state index in [1.165, 1.54) is 31.4 Å². The number of carbonyl (C=O) groups is 2. The summed E-state index contributed by atoms with van der Waals surface area (Å²) in [7, 11) is -2.29. The number of sulfone groups is 1. The summed E-state index contributed by atoms with van der Waals surface area (Å²) < 4.78 is 31.4. The van der Waals surface area contributed by atoms with Crippen LogP contribution < -0.4 is 15.0 Å². The SMILES string of the molecule is COc1c(NC(=S)CS(=O)(=O)c2ccc(Cl)s2)cc(C)c(N2C(=O)c3cccc(C#N)c3C2=O)c1C. The highest BCUT2D eigenvalue weighted by molar-refractivity contribution is 7.95. The molecule has 0 saturated heterocycles. The molecule has 0 aliphatic carbocycles. The number of thiophene rings is 1. The van der Waals surface area contributed by atoms with E-state index in [2.05, 4.69) is 5.32 Å². The zero-order chi connectivity index (χ0) is 26.4. The molecule has 0 atom stereocenters. The molecule has 12 heteroatoms. The first-order valence-electron chi connectivity index (χ1n) is 10.4. The van der Waals surface area contributed by atoms with Crippen molar-refractivity contribution in [3.8, 4) is 11.8 Å². The van der Waals surface area contributed by atoms with Crippen molar-refractivity contribution in [3.63, 3.8) is 0 Å². The maximum absolute atomic E-state index is 13.2. The summed E-state index contributed by atoms with van der Waals surface area (Å²) in [5.41, 5.74) is 2.04. The first kappa shape index (κ1) is 25.8. The number of fused-ring (bicyclic) bond motifs is 1. The quantitative estimate of drug-likeness (QED) is 0.334. The summed E-state index contributed by atoms with van der Waals surface area (Å²) in [5.74, 6) is -1.31. The summed E-state index contributed by atoms with van der Waals surface area (Å²) in [6, 6.07) is 11.1. The average molecular weight is 560 g/mol. The van der Waals surface area contributed by atoms with Crippen molar-refractivity contribution in [1.29, 1.82) is 5.26 Å². The van der Waals surface area contributed by atoms with Crippen LogP contribution in [-0.4, -0.2) is 38.1 Å². The molecule has 2 heterocycles. The third kappa shape index (κ3) is 4.37. The largest absolute Gasteiger partial charge is 0.494 e. The van der Waals surface area contributed by atoms with Crippen LogP contribution in [0.25, 0.3) is 0 Å². The lowest BCUT2D eigenvalue weighted by Gasteiger charge is -2.23. The van der Waals surface area contributed by atoms with E-state index in [0.29, 0.717) is 26.8 Å². The predicted molar refractivity (Wildman–Crippen MR) is 142 cm³/mol. The van der Waals surface area contributed by atoms with Crippen LogP contribution in [0.5, 0.6) is 5.75 Å². The van der Waals surface area contributed by atoms with Gasteiger partial charge in [0.25, 0.3) is 11.8 Å². The molecule has 2 aromatic carbocycles. The fourth-order valence-corrected chi connectivity index (χ4v) is 7.41. The van der Waals surface area contributed by atoms with Crippen molar-refractivity contribution in [2.45, 2.75) is 18.1 Å². The van der Waals surface area contributed by atoms with Crippen LogP contribution >= 0.6 is 35.2 Å². The predicted octanol–water partition coefficient (Wildman–Crippen LogP) is 4.91. The van der Waals surface area contributed by atoms with Gasteiger partial charge in [-0.15, -0.1) is 11.3 Å². The Morgan fingerprint density at radius 3 is 2.56 bits per heavy atom. The highest BCUT2D eigenvalue weighted by Crippen LogP contribution is 2.42. The number of imide groups is 1. The average Bonchev–Trinajstić information content (AvgIpc) is 3.36. The van der Waals surface area contributed by atoms with Gasteiger partial charge in [0, 0.05) is 5.56 Å². The molecule has 8 nitrogen and oxygen atoms in total. The molecule has 0 spiro atoms. The number of hydrogen-bond donors (Lipinski definition) is 1. The Morgan fingerprint density at radius 1 is 1.22 bits per heavy atom. The number of hydrogen-bond acceptors (Lipinski definition) is 8. The Bertz CT molecular complexity index is 1610. The summed E-state index contributed by atoms with van der Waals surface area (Å²) in [6.45, 7) is 3.38. The molecule has 0 fully saturated rings. The number of anilines is 2. The molecule has 2 amide bonds. The minimum Gasteiger partial charge on any atom is -0.494 e. The van der Waals surface area contributed by atoms with Gasteiger partial charge < -0.3 is 10.1 Å². The van der Waals surface area contributed by atoms with Gasteiger partial charge in [-0.1, -0.05) is 29.9 Å². The van der Waals surface area contributed by atoms with E-state index < -0.39 is 27.4 Å². The number of benzene rings is 2. The molecular formula is C24H18ClN3O5S3. The number of aryl methyl sites for hydroxylation is 1. The van der Waals surface area contributed by atoms with E-state index in [1.54, 1.807) is 26.0 Å². The first-order chi connectivity index (χ1) is 17.0. The second-order valence-corrected chi connectivity index (χ2v) is 12.3. The van der Waals surface area contributed by atoms with E-state index in [9.17, 15) is 23.3 Å². The Kier molecular flexibility index (Phi) is 6.90. The first-order valence-corrected chi connectivity index (χ1v) is 13.6. The lowest BCUT2D eigenvalue weighted by molar-refractivity contribution is 0.0925. The van der Waals surface area contributed by atoms with Gasteiger partial charge in [0.1, 0.15) is 15.7 Å². The molecule has 0 unspecified atom stereocenters. The zero-order valence-electron chi connectivity index (χ0n) is 19.2. The molecule has 0 radical (unpaired) electrons. The van der Waals surface area contributed by atoms with Gasteiger partial charge in [-0.05, 0) is 49.7 Å². The number of rotatable bonds is 6. The summed E-state index contributed by atoms with van der Waals surface area (Å²) in [4.78, 5) is 27.5. The third-order valence-corrected chi connectivity index (χ3v) is 9.47. The van der Waals surface area contributed by atoms with E-state index in [4.69, 9.17) is 28.6 Å². The van der Waals surface area contributed by atoms with Crippen molar-refractivity contribution in [2.24, 2.45) is 0 Å². The normalized spacial score (nSPS) is 12.9. The van der Waals surface area contributed by atoms with Crippen molar-refractivity contribution in [2.75, 3.05) is 23.1 Å². The molecule has 1 N–H and O–H groups in total. The zero-order valence-corrected chi connectivity index (χ0v) is 22.4. The Balaban J connectivity index is 1.69.